The fraction of sp³-hybridized carbons (Fsp3) is 0.182. The lowest BCUT2D eigenvalue weighted by molar-refractivity contribution is 0.177. The van der Waals surface area contributed by atoms with E-state index in [1.54, 1.807) is 7.11 Å². The lowest BCUT2D eigenvalue weighted by atomic mass is 10.2. The molecule has 0 spiro atoms. The summed E-state index contributed by atoms with van der Waals surface area (Å²) in [6, 6.07) is 9.76. The molecule has 0 fully saturated rings. The molecule has 0 amide bonds. The van der Waals surface area contributed by atoms with E-state index in [4.69, 9.17) is 9.26 Å². The van der Waals surface area contributed by atoms with Crippen LogP contribution in [0.2, 0.25) is 0 Å². The second-order valence-corrected chi connectivity index (χ2v) is 4.04. The second kappa shape index (κ2) is 4.59. The average Bonchev–Trinajstić information content (AvgIpc) is 2.68. The highest BCUT2D eigenvalue weighted by Crippen LogP contribution is 2.22. The standard InChI is InChI=1S/C11H10BrNO2/c1-14-7-10-6-11(15-13-10)8-2-4-9(12)5-3-8/h2-6H,7H2,1H3. The molecule has 78 valence electrons. The van der Waals surface area contributed by atoms with Crippen LogP contribution in [0.4, 0.5) is 0 Å². The van der Waals surface area contributed by atoms with E-state index in [0.717, 1.165) is 21.5 Å². The molecule has 0 aliphatic heterocycles. The van der Waals surface area contributed by atoms with Gasteiger partial charge in [-0.15, -0.1) is 0 Å². The van der Waals surface area contributed by atoms with Crippen molar-refractivity contribution >= 4 is 15.9 Å². The van der Waals surface area contributed by atoms with Crippen LogP contribution in [-0.2, 0) is 11.3 Å². The molecule has 15 heavy (non-hydrogen) atoms. The zero-order valence-electron chi connectivity index (χ0n) is 8.24. The van der Waals surface area contributed by atoms with Crippen molar-refractivity contribution in [2.45, 2.75) is 6.61 Å². The molecule has 1 aromatic heterocycles. The van der Waals surface area contributed by atoms with Crippen molar-refractivity contribution in [3.8, 4) is 11.3 Å². The molecule has 0 N–H and O–H groups in total. The molecule has 3 nitrogen and oxygen atoms in total. The van der Waals surface area contributed by atoms with Crippen LogP contribution in [0.5, 0.6) is 0 Å². The number of aromatic nitrogens is 1. The Balaban J connectivity index is 2.25. The van der Waals surface area contributed by atoms with Crippen molar-refractivity contribution < 1.29 is 9.26 Å². The number of nitrogens with zero attached hydrogens (tertiary/aromatic N) is 1. The third kappa shape index (κ3) is 2.46. The molecule has 0 bridgehead atoms. The minimum absolute atomic E-state index is 0.472. The van der Waals surface area contributed by atoms with E-state index >= 15 is 0 Å². The van der Waals surface area contributed by atoms with Crippen molar-refractivity contribution in [1.82, 2.24) is 5.16 Å². The lowest BCUT2D eigenvalue weighted by Gasteiger charge is -1.94. The Bertz CT molecular complexity index is 436. The first-order valence-electron chi connectivity index (χ1n) is 4.50. The quantitative estimate of drug-likeness (QED) is 0.857. The van der Waals surface area contributed by atoms with Gasteiger partial charge in [-0.05, 0) is 12.1 Å². The van der Waals surface area contributed by atoms with Gasteiger partial charge in [0.15, 0.2) is 5.76 Å². The van der Waals surface area contributed by atoms with E-state index in [1.165, 1.54) is 0 Å². The molecular weight excluding hydrogens is 258 g/mol. The molecule has 1 heterocycles. The topological polar surface area (TPSA) is 35.3 Å². The van der Waals surface area contributed by atoms with Crippen LogP contribution in [0.15, 0.2) is 39.3 Å². The molecule has 0 unspecified atom stereocenters. The first-order valence-corrected chi connectivity index (χ1v) is 5.29. The van der Waals surface area contributed by atoms with Gasteiger partial charge in [-0.1, -0.05) is 33.2 Å². The Kier molecular flexibility index (Phi) is 3.18. The Morgan fingerprint density at radius 1 is 1.33 bits per heavy atom. The van der Waals surface area contributed by atoms with Gasteiger partial charge in [0.05, 0.1) is 6.61 Å². The number of hydrogen-bond donors (Lipinski definition) is 0. The Morgan fingerprint density at radius 3 is 2.73 bits per heavy atom. The molecule has 0 aliphatic rings. The van der Waals surface area contributed by atoms with Crippen LogP contribution in [0.25, 0.3) is 11.3 Å². The average molecular weight is 268 g/mol. The van der Waals surface area contributed by atoms with Gasteiger partial charge in [-0.3, -0.25) is 0 Å². The molecule has 4 heteroatoms. The normalized spacial score (nSPS) is 10.5. The van der Waals surface area contributed by atoms with Crippen molar-refractivity contribution in [1.29, 1.82) is 0 Å². The summed E-state index contributed by atoms with van der Waals surface area (Å²) in [5.41, 5.74) is 1.81. The van der Waals surface area contributed by atoms with Gasteiger partial charge in [0.1, 0.15) is 5.69 Å². The minimum atomic E-state index is 0.472. The molecule has 0 saturated carbocycles. The number of ether oxygens (including phenoxy) is 1. The van der Waals surface area contributed by atoms with Crippen LogP contribution >= 0.6 is 15.9 Å². The van der Waals surface area contributed by atoms with E-state index in [9.17, 15) is 0 Å². The maximum absolute atomic E-state index is 5.20. The Hall–Kier alpha value is -1.13. The van der Waals surface area contributed by atoms with Gasteiger partial charge in [-0.2, -0.15) is 0 Å². The highest BCUT2D eigenvalue weighted by molar-refractivity contribution is 9.10. The van der Waals surface area contributed by atoms with Crippen LogP contribution in [0.3, 0.4) is 0 Å². The summed E-state index contributed by atoms with van der Waals surface area (Å²) < 4.78 is 11.2. The second-order valence-electron chi connectivity index (χ2n) is 3.12. The van der Waals surface area contributed by atoms with Gasteiger partial charge in [0.2, 0.25) is 0 Å². The summed E-state index contributed by atoms with van der Waals surface area (Å²) in [6.45, 7) is 0.472. The molecule has 0 aliphatic carbocycles. The van der Waals surface area contributed by atoms with Crippen molar-refractivity contribution in [2.24, 2.45) is 0 Å². The SMILES string of the molecule is COCc1cc(-c2ccc(Br)cc2)on1. The Labute approximate surface area is 96.2 Å². The highest BCUT2D eigenvalue weighted by Gasteiger charge is 2.05. The molecular formula is C11H10BrNO2. The smallest absolute Gasteiger partial charge is 0.167 e. The van der Waals surface area contributed by atoms with Gasteiger partial charge in [-0.25, -0.2) is 0 Å². The van der Waals surface area contributed by atoms with Crippen molar-refractivity contribution in [2.75, 3.05) is 7.11 Å². The number of methoxy groups -OCH3 is 1. The highest BCUT2D eigenvalue weighted by atomic mass is 79.9. The Morgan fingerprint density at radius 2 is 2.07 bits per heavy atom. The van der Waals surface area contributed by atoms with Gasteiger partial charge in [0, 0.05) is 23.2 Å². The first-order chi connectivity index (χ1) is 7.29. The summed E-state index contributed by atoms with van der Waals surface area (Å²) >= 11 is 3.38. The molecule has 2 rings (SSSR count). The predicted molar refractivity (Wildman–Crippen MR) is 60.4 cm³/mol. The van der Waals surface area contributed by atoms with Crippen LogP contribution in [0, 0.1) is 0 Å². The van der Waals surface area contributed by atoms with Gasteiger partial charge in [0.25, 0.3) is 0 Å². The molecule has 0 radical (unpaired) electrons. The maximum atomic E-state index is 5.20. The summed E-state index contributed by atoms with van der Waals surface area (Å²) in [7, 11) is 1.63. The summed E-state index contributed by atoms with van der Waals surface area (Å²) in [6.07, 6.45) is 0. The lowest BCUT2D eigenvalue weighted by Crippen LogP contribution is -1.84. The molecule has 0 atom stereocenters. The molecule has 2 aromatic rings. The number of rotatable bonds is 3. The van der Waals surface area contributed by atoms with Gasteiger partial charge < -0.3 is 9.26 Å². The van der Waals surface area contributed by atoms with E-state index in [2.05, 4.69) is 21.1 Å². The third-order valence-corrected chi connectivity index (χ3v) is 2.51. The zero-order chi connectivity index (χ0) is 10.7. The third-order valence-electron chi connectivity index (χ3n) is 1.98. The van der Waals surface area contributed by atoms with E-state index in [1.807, 2.05) is 30.3 Å². The zero-order valence-corrected chi connectivity index (χ0v) is 9.82. The van der Waals surface area contributed by atoms with Crippen LogP contribution < -0.4 is 0 Å². The number of hydrogen-bond acceptors (Lipinski definition) is 3. The fourth-order valence-electron chi connectivity index (χ4n) is 1.28. The monoisotopic (exact) mass is 267 g/mol. The maximum Gasteiger partial charge on any atom is 0.167 e. The first kappa shape index (κ1) is 10.4. The summed E-state index contributed by atoms with van der Waals surface area (Å²) in [5, 5.41) is 3.89. The van der Waals surface area contributed by atoms with Crippen molar-refractivity contribution in [3.63, 3.8) is 0 Å². The molecule has 0 saturated heterocycles. The number of benzene rings is 1. The van der Waals surface area contributed by atoms with E-state index in [0.29, 0.717) is 6.61 Å². The minimum Gasteiger partial charge on any atom is -0.378 e. The largest absolute Gasteiger partial charge is 0.378 e. The van der Waals surface area contributed by atoms with Crippen LogP contribution in [0.1, 0.15) is 5.69 Å². The molecule has 1 aromatic carbocycles. The summed E-state index contributed by atoms with van der Waals surface area (Å²) in [4.78, 5) is 0. The van der Waals surface area contributed by atoms with Crippen LogP contribution in [-0.4, -0.2) is 12.3 Å². The van der Waals surface area contributed by atoms with Gasteiger partial charge >= 0.3 is 0 Å². The predicted octanol–water partition coefficient (Wildman–Crippen LogP) is 3.25. The number of halogens is 1. The summed E-state index contributed by atoms with van der Waals surface area (Å²) in [5.74, 6) is 0.759. The van der Waals surface area contributed by atoms with E-state index in [-0.39, 0.29) is 0 Å². The van der Waals surface area contributed by atoms with Crippen molar-refractivity contribution in [3.05, 3.63) is 40.5 Å². The van der Waals surface area contributed by atoms with E-state index < -0.39 is 0 Å². The fourth-order valence-corrected chi connectivity index (χ4v) is 1.54.